The first-order valence-electron chi connectivity index (χ1n) is 7.56. The van der Waals surface area contributed by atoms with Crippen molar-refractivity contribution < 1.29 is 18.4 Å². The van der Waals surface area contributed by atoms with E-state index in [4.69, 9.17) is 9.63 Å². The molecule has 1 heterocycles. The lowest BCUT2D eigenvalue weighted by molar-refractivity contribution is -0.00754. The molecule has 0 spiro atoms. The Kier molecular flexibility index (Phi) is 4.96. The van der Waals surface area contributed by atoms with Gasteiger partial charge in [-0.05, 0) is 37.0 Å². The minimum atomic E-state index is -2.79. The summed E-state index contributed by atoms with van der Waals surface area (Å²) in [5, 5.41) is 13.0. The van der Waals surface area contributed by atoms with Gasteiger partial charge in [-0.15, -0.1) is 0 Å². The van der Waals surface area contributed by atoms with E-state index >= 15 is 0 Å². The van der Waals surface area contributed by atoms with Crippen LogP contribution in [0.1, 0.15) is 64.1 Å². The molecule has 1 aromatic heterocycles. The lowest BCUT2D eigenvalue weighted by Gasteiger charge is -2.36. The number of aromatic nitrogens is 2. The van der Waals surface area contributed by atoms with Gasteiger partial charge in [0.25, 0.3) is 6.43 Å². The quantitative estimate of drug-likeness (QED) is 0.924. The number of aliphatic hydroxyl groups excluding tert-OH is 1. The van der Waals surface area contributed by atoms with Gasteiger partial charge in [-0.2, -0.15) is 4.98 Å². The van der Waals surface area contributed by atoms with Gasteiger partial charge >= 0.3 is 0 Å². The maximum absolute atomic E-state index is 12.3. The molecule has 1 aliphatic carbocycles. The number of alkyl halides is 2. The fourth-order valence-electron chi connectivity index (χ4n) is 3.00. The molecule has 0 aromatic carbocycles. The largest absolute Gasteiger partial charge is 0.387 e. The molecule has 1 saturated carbocycles. The van der Waals surface area contributed by atoms with E-state index in [-0.39, 0.29) is 18.2 Å². The Balaban J connectivity index is 1.91. The summed E-state index contributed by atoms with van der Waals surface area (Å²) in [6, 6.07) is 0. The molecule has 0 bridgehead atoms. The minimum Gasteiger partial charge on any atom is -0.387 e. The molecule has 0 amide bonds. The maximum atomic E-state index is 12.3. The topological polar surface area (TPSA) is 59.2 Å². The molecule has 1 N–H and O–H groups in total. The second kappa shape index (κ2) is 6.38. The van der Waals surface area contributed by atoms with Crippen LogP contribution in [0.25, 0.3) is 0 Å². The van der Waals surface area contributed by atoms with Gasteiger partial charge in [0.05, 0.1) is 6.42 Å². The predicted molar refractivity (Wildman–Crippen MR) is 74.2 cm³/mol. The number of hydrogen-bond donors (Lipinski definition) is 1. The van der Waals surface area contributed by atoms with Crippen LogP contribution < -0.4 is 0 Å². The van der Waals surface area contributed by atoms with Crippen LogP contribution in [0.3, 0.4) is 0 Å². The summed E-state index contributed by atoms with van der Waals surface area (Å²) in [6.45, 7) is 6.78. The van der Waals surface area contributed by atoms with Crippen LogP contribution in [-0.2, 0) is 6.42 Å². The standard InChI is InChI=1S/C15H24F2N2O2/c1-15(2,3)10-6-4-9(5-7-10)14-18-12(21-19-14)8-11(20)13(16)17/h9-11,13,20H,4-8H2,1-3H3. The monoisotopic (exact) mass is 302 g/mol. The lowest BCUT2D eigenvalue weighted by atomic mass is 9.70. The van der Waals surface area contributed by atoms with E-state index in [0.29, 0.717) is 17.2 Å². The Morgan fingerprint density at radius 2 is 1.86 bits per heavy atom. The van der Waals surface area contributed by atoms with Gasteiger partial charge in [0, 0.05) is 5.92 Å². The van der Waals surface area contributed by atoms with Crippen molar-refractivity contribution in [3.63, 3.8) is 0 Å². The molecule has 0 aliphatic heterocycles. The number of nitrogens with zero attached hydrogens (tertiary/aromatic N) is 2. The van der Waals surface area contributed by atoms with E-state index in [1.165, 1.54) is 0 Å². The number of rotatable bonds is 4. The normalized spacial score (nSPS) is 25.3. The van der Waals surface area contributed by atoms with Crippen LogP contribution in [-0.4, -0.2) is 27.8 Å². The van der Waals surface area contributed by atoms with Crippen molar-refractivity contribution in [3.8, 4) is 0 Å². The second-order valence-corrected chi connectivity index (χ2v) is 7.07. The summed E-state index contributed by atoms with van der Waals surface area (Å²) in [6.07, 6.45) is -0.578. The number of aliphatic hydroxyl groups is 1. The molecule has 120 valence electrons. The molecule has 1 atom stereocenters. The van der Waals surface area contributed by atoms with E-state index < -0.39 is 12.5 Å². The van der Waals surface area contributed by atoms with Crippen LogP contribution in [0, 0.1) is 11.3 Å². The first-order valence-corrected chi connectivity index (χ1v) is 7.56. The highest BCUT2D eigenvalue weighted by Gasteiger charge is 2.32. The van der Waals surface area contributed by atoms with Crippen molar-refractivity contribution in [2.75, 3.05) is 0 Å². The van der Waals surface area contributed by atoms with Crippen LogP contribution in [0.15, 0.2) is 4.52 Å². The van der Waals surface area contributed by atoms with E-state index in [9.17, 15) is 8.78 Å². The zero-order valence-corrected chi connectivity index (χ0v) is 12.9. The summed E-state index contributed by atoms with van der Waals surface area (Å²) in [4.78, 5) is 4.17. The van der Waals surface area contributed by atoms with Crippen molar-refractivity contribution in [1.29, 1.82) is 0 Å². The zero-order chi connectivity index (χ0) is 15.6. The third kappa shape index (κ3) is 4.22. The molecule has 21 heavy (non-hydrogen) atoms. The van der Waals surface area contributed by atoms with Crippen LogP contribution in [0.4, 0.5) is 8.78 Å². The van der Waals surface area contributed by atoms with Crippen LogP contribution >= 0.6 is 0 Å². The number of halogens is 2. The molecule has 1 aliphatic rings. The van der Waals surface area contributed by atoms with E-state index in [1.54, 1.807) is 0 Å². The maximum Gasteiger partial charge on any atom is 0.264 e. The summed E-state index contributed by atoms with van der Waals surface area (Å²) in [5.74, 6) is 1.63. The van der Waals surface area contributed by atoms with E-state index in [1.807, 2.05) is 0 Å². The Hall–Kier alpha value is -1.04. The molecule has 0 radical (unpaired) electrons. The summed E-state index contributed by atoms with van der Waals surface area (Å²) in [7, 11) is 0. The second-order valence-electron chi connectivity index (χ2n) is 7.07. The fraction of sp³-hybridized carbons (Fsp3) is 0.867. The highest BCUT2D eigenvalue weighted by Crippen LogP contribution is 2.42. The van der Waals surface area contributed by atoms with Gasteiger partial charge in [-0.25, -0.2) is 8.78 Å². The van der Waals surface area contributed by atoms with Gasteiger partial charge in [-0.1, -0.05) is 25.9 Å². The zero-order valence-electron chi connectivity index (χ0n) is 12.9. The first-order chi connectivity index (χ1) is 9.77. The fourth-order valence-corrected chi connectivity index (χ4v) is 3.00. The molecule has 4 nitrogen and oxygen atoms in total. The van der Waals surface area contributed by atoms with Gasteiger partial charge in [-0.3, -0.25) is 0 Å². The molecule has 1 fully saturated rings. The van der Waals surface area contributed by atoms with Crippen molar-refractivity contribution in [3.05, 3.63) is 11.7 Å². The van der Waals surface area contributed by atoms with Crippen molar-refractivity contribution in [1.82, 2.24) is 10.1 Å². The van der Waals surface area contributed by atoms with Gasteiger partial charge in [0.15, 0.2) is 5.82 Å². The molecule has 6 heteroatoms. The molecule has 2 rings (SSSR count). The minimum absolute atomic E-state index is 0.0933. The Morgan fingerprint density at radius 3 is 2.38 bits per heavy atom. The average Bonchev–Trinajstić information content (AvgIpc) is 2.86. The Bertz CT molecular complexity index is 449. The van der Waals surface area contributed by atoms with E-state index in [0.717, 1.165) is 25.7 Å². The smallest absolute Gasteiger partial charge is 0.264 e. The average molecular weight is 302 g/mol. The van der Waals surface area contributed by atoms with Gasteiger partial charge < -0.3 is 9.63 Å². The molecule has 1 aromatic rings. The SMILES string of the molecule is CC(C)(C)C1CCC(c2noc(CC(O)C(F)F)n2)CC1. The summed E-state index contributed by atoms with van der Waals surface area (Å²) >= 11 is 0. The third-order valence-corrected chi connectivity index (χ3v) is 4.48. The molecule has 1 unspecified atom stereocenters. The van der Waals surface area contributed by atoms with Crippen LogP contribution in [0.5, 0.6) is 0 Å². The number of hydrogen-bond acceptors (Lipinski definition) is 4. The third-order valence-electron chi connectivity index (χ3n) is 4.48. The van der Waals surface area contributed by atoms with Crippen molar-refractivity contribution >= 4 is 0 Å². The van der Waals surface area contributed by atoms with Crippen molar-refractivity contribution in [2.45, 2.75) is 71.3 Å². The lowest BCUT2D eigenvalue weighted by Crippen LogP contribution is -2.25. The first kappa shape index (κ1) is 16.3. The molecule has 0 saturated heterocycles. The predicted octanol–water partition coefficient (Wildman–Crippen LogP) is 3.56. The Labute approximate surface area is 123 Å². The summed E-state index contributed by atoms with van der Waals surface area (Å²) in [5.41, 5.74) is 0.314. The highest BCUT2D eigenvalue weighted by atomic mass is 19.3. The molecular formula is C15H24F2N2O2. The molecular weight excluding hydrogens is 278 g/mol. The van der Waals surface area contributed by atoms with Crippen LogP contribution in [0.2, 0.25) is 0 Å². The van der Waals surface area contributed by atoms with Gasteiger partial charge in [0.2, 0.25) is 5.89 Å². The summed E-state index contributed by atoms with van der Waals surface area (Å²) < 4.78 is 29.6. The van der Waals surface area contributed by atoms with E-state index in [2.05, 4.69) is 30.9 Å². The van der Waals surface area contributed by atoms with Crippen molar-refractivity contribution in [2.24, 2.45) is 11.3 Å². The highest BCUT2D eigenvalue weighted by molar-refractivity contribution is 4.99. The van der Waals surface area contributed by atoms with Gasteiger partial charge in [0.1, 0.15) is 6.10 Å². The Morgan fingerprint density at radius 1 is 1.24 bits per heavy atom.